The third-order valence-corrected chi connectivity index (χ3v) is 7.79. The van der Waals surface area contributed by atoms with E-state index in [9.17, 15) is 14.4 Å². The summed E-state index contributed by atoms with van der Waals surface area (Å²) in [5.74, 6) is 3.06. The van der Waals surface area contributed by atoms with Crippen LogP contribution in [0, 0.1) is 46.8 Å². The maximum Gasteiger partial charge on any atom is 0.408 e. The van der Waals surface area contributed by atoms with Gasteiger partial charge in [0, 0.05) is 18.4 Å². The predicted molar refractivity (Wildman–Crippen MR) is 92.9 cm³/mol. The number of nitrogens with one attached hydrogen (secondary N) is 2. The van der Waals surface area contributed by atoms with Crippen molar-refractivity contribution in [1.82, 2.24) is 10.6 Å². The number of hydrogen-bond acceptors (Lipinski definition) is 4. The molecule has 26 heavy (non-hydrogen) atoms. The first-order chi connectivity index (χ1) is 12.0. The second-order valence-corrected chi connectivity index (χ2v) is 10.7. The molecule has 6 rings (SSSR count). The molecule has 8 unspecified atom stereocenters. The molecule has 0 spiro atoms. The lowest BCUT2D eigenvalue weighted by molar-refractivity contribution is -0.248. The molecule has 0 heterocycles. The Morgan fingerprint density at radius 3 is 2.46 bits per heavy atom. The highest BCUT2D eigenvalue weighted by Crippen LogP contribution is 2.92. The zero-order valence-corrected chi connectivity index (χ0v) is 16.1. The Morgan fingerprint density at radius 1 is 1.15 bits per heavy atom. The monoisotopic (exact) mass is 360 g/mol. The number of carbonyl (C=O) groups excluding carboxylic acids is 3. The first-order valence-corrected chi connectivity index (χ1v) is 9.82. The van der Waals surface area contributed by atoms with E-state index in [1.807, 2.05) is 34.6 Å². The Bertz CT molecular complexity index is 739. The van der Waals surface area contributed by atoms with Gasteiger partial charge < -0.3 is 15.4 Å². The SMILES string of the molecule is CC(C)(CNC(=O)C12C3C(=O)C4C5CC(C41)C2C53)NC(=O)OC(C)(C)C. The quantitative estimate of drug-likeness (QED) is 0.800. The van der Waals surface area contributed by atoms with E-state index >= 15 is 0 Å². The van der Waals surface area contributed by atoms with E-state index in [0.29, 0.717) is 41.9 Å². The van der Waals surface area contributed by atoms with Crippen LogP contribution in [0.4, 0.5) is 4.79 Å². The summed E-state index contributed by atoms with van der Waals surface area (Å²) < 4.78 is 5.30. The van der Waals surface area contributed by atoms with Crippen molar-refractivity contribution < 1.29 is 19.1 Å². The summed E-state index contributed by atoms with van der Waals surface area (Å²) in [4.78, 5) is 37.7. The van der Waals surface area contributed by atoms with E-state index in [1.165, 1.54) is 6.42 Å². The molecule has 0 aromatic heterocycles. The van der Waals surface area contributed by atoms with E-state index < -0.39 is 22.6 Å². The van der Waals surface area contributed by atoms with Crippen LogP contribution in [0.3, 0.4) is 0 Å². The number of ether oxygens (including phenoxy) is 1. The summed E-state index contributed by atoms with van der Waals surface area (Å²) in [6, 6.07) is 0. The minimum Gasteiger partial charge on any atom is -0.444 e. The van der Waals surface area contributed by atoms with Crippen molar-refractivity contribution in [1.29, 1.82) is 0 Å². The fraction of sp³-hybridized carbons (Fsp3) is 0.850. The standard InChI is InChI=1S/C20H28N2O4/c1-18(2,3)26-17(25)22-19(4,5)7-21-16(24)20-12-9-6-8-10(12)14(20)15(23)11(8)13(9)20/h8-14H,6-7H2,1-5H3,(H,21,24)(H,22,25). The number of alkyl carbamates (subject to hydrolysis) is 1. The molecule has 0 radical (unpaired) electrons. The minimum atomic E-state index is -0.619. The molecule has 2 amide bonds. The van der Waals surface area contributed by atoms with E-state index in [4.69, 9.17) is 4.74 Å². The van der Waals surface area contributed by atoms with Gasteiger partial charge in [0.1, 0.15) is 11.4 Å². The third kappa shape index (κ3) is 1.67. The van der Waals surface area contributed by atoms with Gasteiger partial charge >= 0.3 is 6.09 Å². The lowest BCUT2D eigenvalue weighted by Gasteiger charge is -2.70. The van der Waals surface area contributed by atoms with Gasteiger partial charge in [-0.2, -0.15) is 0 Å². The highest BCUT2D eigenvalue weighted by atomic mass is 16.6. The molecule has 0 aromatic rings. The molecule has 6 heteroatoms. The summed E-state index contributed by atoms with van der Waals surface area (Å²) >= 11 is 0. The van der Waals surface area contributed by atoms with Crippen molar-refractivity contribution in [2.75, 3.05) is 6.54 Å². The molecule has 6 nitrogen and oxygen atoms in total. The lowest BCUT2D eigenvalue weighted by atomic mass is 9.31. The summed E-state index contributed by atoms with van der Waals surface area (Å²) in [5.41, 5.74) is -1.58. The van der Waals surface area contributed by atoms with Crippen LogP contribution < -0.4 is 10.6 Å². The van der Waals surface area contributed by atoms with Crippen LogP contribution in [0.2, 0.25) is 0 Å². The molecule has 0 aromatic carbocycles. The van der Waals surface area contributed by atoms with Crippen molar-refractivity contribution in [3.8, 4) is 0 Å². The van der Waals surface area contributed by atoms with Gasteiger partial charge in [-0.25, -0.2) is 4.79 Å². The van der Waals surface area contributed by atoms with E-state index in [1.54, 1.807) is 0 Å². The summed E-state index contributed by atoms with van der Waals surface area (Å²) in [5, 5.41) is 5.88. The van der Waals surface area contributed by atoms with Gasteiger partial charge in [-0.3, -0.25) is 9.59 Å². The normalized spacial score (nSPS) is 46.0. The molecule has 6 fully saturated rings. The molecule has 0 saturated heterocycles. The molecular weight excluding hydrogens is 332 g/mol. The van der Waals surface area contributed by atoms with E-state index in [0.717, 1.165) is 0 Å². The Kier molecular flexibility index (Phi) is 2.84. The van der Waals surface area contributed by atoms with Gasteiger partial charge in [0.2, 0.25) is 5.91 Å². The predicted octanol–water partition coefficient (Wildman–Crippen LogP) is 1.73. The number of Topliss-reactive ketones (excluding diaryl/α,β-unsaturated/α-hetero) is 1. The van der Waals surface area contributed by atoms with E-state index in [2.05, 4.69) is 10.6 Å². The average molecular weight is 360 g/mol. The van der Waals surface area contributed by atoms with Crippen molar-refractivity contribution in [3.63, 3.8) is 0 Å². The largest absolute Gasteiger partial charge is 0.444 e. The first-order valence-electron chi connectivity index (χ1n) is 9.82. The van der Waals surface area contributed by atoms with Gasteiger partial charge in [-0.05, 0) is 70.6 Å². The fourth-order valence-electron chi connectivity index (χ4n) is 7.50. The fourth-order valence-corrected chi connectivity index (χ4v) is 7.50. The third-order valence-electron chi connectivity index (χ3n) is 7.79. The Labute approximate surface area is 153 Å². The van der Waals surface area contributed by atoms with Gasteiger partial charge in [-0.15, -0.1) is 0 Å². The first kappa shape index (κ1) is 16.6. The van der Waals surface area contributed by atoms with Gasteiger partial charge in [0.15, 0.2) is 0 Å². The molecule has 6 aliphatic carbocycles. The van der Waals surface area contributed by atoms with Crippen molar-refractivity contribution in [2.24, 2.45) is 46.8 Å². The number of rotatable bonds is 4. The minimum absolute atomic E-state index is 0.00632. The number of ketones is 1. The average Bonchev–Trinajstić information content (AvgIpc) is 2.97. The van der Waals surface area contributed by atoms with Crippen molar-refractivity contribution in [3.05, 3.63) is 0 Å². The second-order valence-electron chi connectivity index (χ2n) is 10.7. The smallest absolute Gasteiger partial charge is 0.408 e. The second kappa shape index (κ2) is 4.45. The molecule has 2 N–H and O–H groups in total. The molecule has 142 valence electrons. The van der Waals surface area contributed by atoms with Gasteiger partial charge in [0.05, 0.1) is 11.0 Å². The lowest BCUT2D eigenvalue weighted by Crippen LogP contribution is -2.75. The summed E-state index contributed by atoms with van der Waals surface area (Å²) in [7, 11) is 0. The molecular formula is C20H28N2O4. The Morgan fingerprint density at radius 2 is 1.85 bits per heavy atom. The van der Waals surface area contributed by atoms with Crippen LogP contribution in [-0.4, -0.2) is 35.5 Å². The van der Waals surface area contributed by atoms with Crippen LogP contribution in [-0.2, 0) is 14.3 Å². The van der Waals surface area contributed by atoms with Crippen LogP contribution >= 0.6 is 0 Å². The maximum atomic E-state index is 13.1. The van der Waals surface area contributed by atoms with Crippen LogP contribution in [0.1, 0.15) is 41.0 Å². The Hall–Kier alpha value is -1.59. The van der Waals surface area contributed by atoms with Crippen LogP contribution in [0.25, 0.3) is 0 Å². The highest BCUT2D eigenvalue weighted by molar-refractivity contribution is 6.04. The molecule has 0 aliphatic heterocycles. The molecule has 4 bridgehead atoms. The van der Waals surface area contributed by atoms with E-state index in [-0.39, 0.29) is 17.7 Å². The Balaban J connectivity index is 1.23. The zero-order valence-electron chi connectivity index (χ0n) is 16.1. The topological polar surface area (TPSA) is 84.5 Å². The van der Waals surface area contributed by atoms with Crippen molar-refractivity contribution >= 4 is 17.8 Å². The number of carbonyl (C=O) groups is 3. The van der Waals surface area contributed by atoms with Crippen LogP contribution in [0.5, 0.6) is 0 Å². The number of amides is 2. The molecule has 6 aliphatic rings. The van der Waals surface area contributed by atoms with Gasteiger partial charge in [-0.1, -0.05) is 0 Å². The molecule has 8 atom stereocenters. The highest BCUT2D eigenvalue weighted by Gasteiger charge is 2.96. The maximum absolute atomic E-state index is 13.1. The molecule has 6 saturated carbocycles. The van der Waals surface area contributed by atoms with Gasteiger partial charge in [0.25, 0.3) is 0 Å². The van der Waals surface area contributed by atoms with Crippen molar-refractivity contribution in [2.45, 2.75) is 52.2 Å². The van der Waals surface area contributed by atoms with Crippen LogP contribution in [0.15, 0.2) is 0 Å². The summed E-state index contributed by atoms with van der Waals surface area (Å²) in [6.07, 6.45) is 0.686. The number of hydrogen-bond donors (Lipinski definition) is 2. The summed E-state index contributed by atoms with van der Waals surface area (Å²) in [6.45, 7) is 9.51. The zero-order chi connectivity index (χ0) is 18.8.